The summed E-state index contributed by atoms with van der Waals surface area (Å²) in [5.41, 5.74) is 0. The molecule has 7 nitrogen and oxygen atoms in total. The monoisotopic (exact) mass is 356 g/mol. The molecule has 2 aliphatic rings. The summed E-state index contributed by atoms with van der Waals surface area (Å²) in [5.74, 6) is 0.908. The molecule has 0 bridgehead atoms. The van der Waals surface area contributed by atoms with Gasteiger partial charge in [-0.25, -0.2) is 16.8 Å². The van der Waals surface area contributed by atoms with Gasteiger partial charge in [-0.15, -0.1) is 0 Å². The summed E-state index contributed by atoms with van der Waals surface area (Å²) in [6, 6.07) is 0.0530. The van der Waals surface area contributed by atoms with E-state index in [1.165, 1.54) is 0 Å². The molecule has 0 aromatic heterocycles. The van der Waals surface area contributed by atoms with Crippen LogP contribution in [0, 0.1) is 0 Å². The van der Waals surface area contributed by atoms with Crippen LogP contribution in [0.2, 0.25) is 0 Å². The average molecular weight is 357 g/mol. The fourth-order valence-electron chi connectivity index (χ4n) is 2.66. The van der Waals surface area contributed by atoms with Crippen molar-refractivity contribution < 1.29 is 22.2 Å². The summed E-state index contributed by atoms with van der Waals surface area (Å²) in [4.78, 5) is 0. The SMILES string of the molecule is O=S1(=O)CC[C@@H](NC(=S)NCC[NH2+][C@H]2CCS(=O)(=O)C2)C1. The summed E-state index contributed by atoms with van der Waals surface area (Å²) < 4.78 is 45.3. The van der Waals surface area contributed by atoms with Crippen LogP contribution >= 0.6 is 12.2 Å². The first-order chi connectivity index (χ1) is 9.76. The van der Waals surface area contributed by atoms with Crippen molar-refractivity contribution in [3.8, 4) is 0 Å². The van der Waals surface area contributed by atoms with Crippen LogP contribution in [0.25, 0.3) is 0 Å². The molecule has 0 aliphatic carbocycles. The molecule has 4 N–H and O–H groups in total. The molecule has 0 aromatic rings. The minimum absolute atomic E-state index is 0.0982. The number of hydrogen-bond donors (Lipinski definition) is 3. The summed E-state index contributed by atoms with van der Waals surface area (Å²) in [7, 11) is -5.72. The standard InChI is InChI=1S/C11H21N3O4S3/c15-20(16)5-1-9(7-20)12-3-4-13-11(19)14-10-2-6-21(17,18)8-10/h9-10,12H,1-8H2,(H2,13,14,19)/p+1/t9-,10+/m0/s1. The maximum absolute atomic E-state index is 11.3. The molecule has 2 fully saturated rings. The van der Waals surface area contributed by atoms with Crippen LogP contribution < -0.4 is 16.0 Å². The fourth-order valence-corrected chi connectivity index (χ4v) is 6.39. The van der Waals surface area contributed by atoms with Crippen molar-refractivity contribution in [3.63, 3.8) is 0 Å². The van der Waals surface area contributed by atoms with Gasteiger partial charge in [0.25, 0.3) is 0 Å². The molecule has 0 aromatic carbocycles. The summed E-state index contributed by atoms with van der Waals surface area (Å²) in [6.45, 7) is 1.37. The number of thiocarbonyl (C=S) groups is 1. The Labute approximate surface area is 131 Å². The van der Waals surface area contributed by atoms with Gasteiger partial charge in [0.1, 0.15) is 11.8 Å². The molecule has 21 heavy (non-hydrogen) atoms. The van der Waals surface area contributed by atoms with Crippen LogP contribution in [0.3, 0.4) is 0 Å². The predicted molar refractivity (Wildman–Crippen MR) is 84.6 cm³/mol. The van der Waals surface area contributed by atoms with E-state index in [0.717, 1.165) is 6.54 Å². The molecule has 2 aliphatic heterocycles. The maximum atomic E-state index is 11.3. The van der Waals surface area contributed by atoms with E-state index in [1.54, 1.807) is 0 Å². The number of rotatable bonds is 5. The van der Waals surface area contributed by atoms with E-state index in [-0.39, 0.29) is 35.1 Å². The van der Waals surface area contributed by atoms with Crippen LogP contribution in [0.5, 0.6) is 0 Å². The first-order valence-corrected chi connectivity index (χ1v) is 11.1. The molecule has 10 heteroatoms. The van der Waals surface area contributed by atoms with Crippen molar-refractivity contribution >= 4 is 37.0 Å². The number of quaternary nitrogens is 1. The lowest BCUT2D eigenvalue weighted by Crippen LogP contribution is -2.91. The van der Waals surface area contributed by atoms with Gasteiger partial charge in [-0.1, -0.05) is 0 Å². The highest BCUT2D eigenvalue weighted by molar-refractivity contribution is 7.91. The highest BCUT2D eigenvalue weighted by atomic mass is 32.2. The lowest BCUT2D eigenvalue weighted by atomic mass is 10.2. The third-order valence-electron chi connectivity index (χ3n) is 3.77. The van der Waals surface area contributed by atoms with Gasteiger partial charge < -0.3 is 16.0 Å². The second-order valence-corrected chi connectivity index (χ2v) is 10.6. The Hall–Kier alpha value is -0.450. The normalized spacial score (nSPS) is 30.1. The number of nitrogens with two attached hydrogens (primary N) is 1. The van der Waals surface area contributed by atoms with Crippen molar-refractivity contribution in [2.45, 2.75) is 24.9 Å². The highest BCUT2D eigenvalue weighted by Crippen LogP contribution is 2.10. The van der Waals surface area contributed by atoms with Crippen LogP contribution in [-0.2, 0) is 19.7 Å². The van der Waals surface area contributed by atoms with Crippen molar-refractivity contribution in [2.75, 3.05) is 36.1 Å². The predicted octanol–water partition coefficient (Wildman–Crippen LogP) is -2.61. The van der Waals surface area contributed by atoms with Crippen LogP contribution in [-0.4, -0.2) is 70.1 Å². The first kappa shape index (κ1) is 16.9. The topological polar surface area (TPSA) is 109 Å². The molecule has 2 rings (SSSR count). The van der Waals surface area contributed by atoms with Crippen LogP contribution in [0.1, 0.15) is 12.8 Å². The summed E-state index contributed by atoms with van der Waals surface area (Å²) in [5, 5.41) is 8.52. The van der Waals surface area contributed by atoms with Gasteiger partial charge in [0, 0.05) is 12.5 Å². The van der Waals surface area contributed by atoms with Crippen LogP contribution in [0.15, 0.2) is 0 Å². The molecule has 0 radical (unpaired) electrons. The lowest BCUT2D eigenvalue weighted by Gasteiger charge is -2.15. The molecule has 2 saturated heterocycles. The number of hydrogen-bond acceptors (Lipinski definition) is 5. The van der Waals surface area contributed by atoms with E-state index >= 15 is 0 Å². The van der Waals surface area contributed by atoms with Gasteiger partial charge in [0.2, 0.25) is 0 Å². The molecule has 0 unspecified atom stereocenters. The zero-order valence-corrected chi connectivity index (χ0v) is 14.2. The van der Waals surface area contributed by atoms with Crippen molar-refractivity contribution in [1.29, 1.82) is 0 Å². The van der Waals surface area contributed by atoms with Gasteiger partial charge in [-0.2, -0.15) is 0 Å². The molecule has 0 spiro atoms. The second-order valence-electron chi connectivity index (χ2n) is 5.69. The quantitative estimate of drug-likeness (QED) is 0.366. The number of sulfone groups is 2. The van der Waals surface area contributed by atoms with E-state index in [4.69, 9.17) is 12.2 Å². The lowest BCUT2D eigenvalue weighted by molar-refractivity contribution is -0.682. The Bertz CT molecular complexity index is 588. The molecular formula is C11H22N3O4S3+. The molecule has 2 atom stereocenters. The first-order valence-electron chi connectivity index (χ1n) is 7.04. The third kappa shape index (κ3) is 5.68. The molecular weight excluding hydrogens is 334 g/mol. The van der Waals surface area contributed by atoms with Gasteiger partial charge in [-0.3, -0.25) is 0 Å². The van der Waals surface area contributed by atoms with E-state index in [2.05, 4.69) is 10.6 Å². The molecule has 122 valence electrons. The fraction of sp³-hybridized carbons (Fsp3) is 0.909. The van der Waals surface area contributed by atoms with E-state index in [1.807, 2.05) is 5.32 Å². The van der Waals surface area contributed by atoms with Gasteiger partial charge >= 0.3 is 0 Å². The largest absolute Gasteiger partial charge is 0.359 e. The Morgan fingerprint density at radius 2 is 1.76 bits per heavy atom. The zero-order valence-electron chi connectivity index (χ0n) is 11.7. The summed E-state index contributed by atoms with van der Waals surface area (Å²) >= 11 is 5.12. The van der Waals surface area contributed by atoms with Crippen LogP contribution in [0.4, 0.5) is 0 Å². The van der Waals surface area contributed by atoms with Crippen molar-refractivity contribution in [3.05, 3.63) is 0 Å². The van der Waals surface area contributed by atoms with Gasteiger partial charge in [-0.05, 0) is 18.6 Å². The molecule has 2 heterocycles. The molecule has 0 saturated carbocycles. The minimum Gasteiger partial charge on any atom is -0.359 e. The Morgan fingerprint density at radius 1 is 1.10 bits per heavy atom. The smallest absolute Gasteiger partial charge is 0.166 e. The third-order valence-corrected chi connectivity index (χ3v) is 7.59. The number of nitrogens with one attached hydrogen (secondary N) is 2. The zero-order chi connectivity index (χ0) is 15.5. The van der Waals surface area contributed by atoms with Crippen molar-refractivity contribution in [2.24, 2.45) is 0 Å². The van der Waals surface area contributed by atoms with E-state index < -0.39 is 19.7 Å². The van der Waals surface area contributed by atoms with Crippen molar-refractivity contribution in [1.82, 2.24) is 10.6 Å². The minimum atomic E-state index is -2.90. The summed E-state index contributed by atoms with van der Waals surface area (Å²) in [6.07, 6.45) is 1.31. The average Bonchev–Trinajstić information content (AvgIpc) is 2.87. The highest BCUT2D eigenvalue weighted by Gasteiger charge is 2.30. The second kappa shape index (κ2) is 6.76. The maximum Gasteiger partial charge on any atom is 0.166 e. The molecule has 0 amide bonds. The Morgan fingerprint density at radius 3 is 2.33 bits per heavy atom. The van der Waals surface area contributed by atoms with E-state index in [9.17, 15) is 16.8 Å². The Balaban J connectivity index is 1.58. The van der Waals surface area contributed by atoms with Gasteiger partial charge in [0.05, 0.1) is 30.3 Å². The van der Waals surface area contributed by atoms with Gasteiger partial charge in [0.15, 0.2) is 24.8 Å². The Kier molecular flexibility index (Phi) is 5.44. The van der Waals surface area contributed by atoms with E-state index in [0.29, 0.717) is 24.5 Å².